The summed E-state index contributed by atoms with van der Waals surface area (Å²) in [5, 5.41) is 12.4. The van der Waals surface area contributed by atoms with E-state index >= 15 is 0 Å². The molecule has 102 valence electrons. The number of aliphatic hydroxyl groups excluding tert-OH is 1. The van der Waals surface area contributed by atoms with E-state index in [9.17, 15) is 0 Å². The van der Waals surface area contributed by atoms with Gasteiger partial charge in [0.05, 0.1) is 0 Å². The molecule has 1 fully saturated rings. The van der Waals surface area contributed by atoms with Crippen LogP contribution in [0.25, 0.3) is 0 Å². The van der Waals surface area contributed by atoms with E-state index < -0.39 is 0 Å². The molecule has 4 N–H and O–H groups in total. The fraction of sp³-hybridized carbons (Fsp3) is 1.00. The molecule has 1 aliphatic rings. The van der Waals surface area contributed by atoms with Crippen LogP contribution in [0.1, 0.15) is 39.0 Å². The Morgan fingerprint density at radius 3 is 2.76 bits per heavy atom. The molecule has 17 heavy (non-hydrogen) atoms. The van der Waals surface area contributed by atoms with E-state index in [1.165, 1.54) is 19.4 Å². The Balaban J connectivity index is 2.38. The number of unbranched alkanes of at least 4 members (excludes halogenated alkanes) is 1. The predicted octanol–water partition coefficient (Wildman–Crippen LogP) is 0.552. The highest BCUT2D eigenvalue weighted by Crippen LogP contribution is 2.21. The lowest BCUT2D eigenvalue weighted by Gasteiger charge is -2.33. The van der Waals surface area contributed by atoms with Gasteiger partial charge in [0.25, 0.3) is 0 Å². The molecular weight excluding hydrogens is 214 g/mol. The SMILES string of the molecule is CCN1CCCC(CN)(NCCCCO)CC1. The summed E-state index contributed by atoms with van der Waals surface area (Å²) in [5.41, 5.74) is 6.12. The van der Waals surface area contributed by atoms with Crippen molar-refractivity contribution < 1.29 is 5.11 Å². The van der Waals surface area contributed by atoms with Crippen LogP contribution in [0, 0.1) is 0 Å². The van der Waals surface area contributed by atoms with Crippen molar-refractivity contribution >= 4 is 0 Å². The normalized spacial score (nSPS) is 27.0. The quantitative estimate of drug-likeness (QED) is 0.572. The van der Waals surface area contributed by atoms with Crippen molar-refractivity contribution in [2.24, 2.45) is 5.73 Å². The molecule has 0 spiro atoms. The molecule has 0 aromatic carbocycles. The van der Waals surface area contributed by atoms with Gasteiger partial charge in [-0.15, -0.1) is 0 Å². The highest BCUT2D eigenvalue weighted by atomic mass is 16.2. The number of nitrogens with one attached hydrogen (secondary N) is 1. The molecule has 0 aromatic heterocycles. The number of hydrogen-bond acceptors (Lipinski definition) is 4. The van der Waals surface area contributed by atoms with E-state index in [2.05, 4.69) is 17.1 Å². The summed E-state index contributed by atoms with van der Waals surface area (Å²) in [6, 6.07) is 0. The van der Waals surface area contributed by atoms with Crippen molar-refractivity contribution in [2.45, 2.75) is 44.6 Å². The number of nitrogens with two attached hydrogens (primary N) is 1. The maximum Gasteiger partial charge on any atom is 0.0431 e. The van der Waals surface area contributed by atoms with Crippen LogP contribution in [0.3, 0.4) is 0 Å². The molecular formula is C13H29N3O. The monoisotopic (exact) mass is 243 g/mol. The molecule has 0 aliphatic carbocycles. The zero-order valence-electron chi connectivity index (χ0n) is 11.2. The van der Waals surface area contributed by atoms with Gasteiger partial charge < -0.3 is 21.1 Å². The lowest BCUT2D eigenvalue weighted by Crippen LogP contribution is -2.52. The molecule has 0 radical (unpaired) electrons. The second-order valence-corrected chi connectivity index (χ2v) is 5.13. The van der Waals surface area contributed by atoms with E-state index in [0.29, 0.717) is 6.61 Å². The predicted molar refractivity (Wildman–Crippen MR) is 72.1 cm³/mol. The zero-order valence-corrected chi connectivity index (χ0v) is 11.2. The maximum absolute atomic E-state index is 8.78. The highest BCUT2D eigenvalue weighted by molar-refractivity contribution is 4.92. The minimum atomic E-state index is 0.138. The third-order valence-corrected chi connectivity index (χ3v) is 3.96. The molecule has 1 unspecified atom stereocenters. The summed E-state index contributed by atoms with van der Waals surface area (Å²) < 4.78 is 0. The Labute approximate surface area is 106 Å². The Hall–Kier alpha value is -0.160. The minimum absolute atomic E-state index is 0.138. The lowest BCUT2D eigenvalue weighted by atomic mass is 9.90. The number of nitrogens with zero attached hydrogens (tertiary/aromatic N) is 1. The van der Waals surface area contributed by atoms with Crippen molar-refractivity contribution in [2.75, 3.05) is 39.3 Å². The number of rotatable bonds is 7. The van der Waals surface area contributed by atoms with Gasteiger partial charge >= 0.3 is 0 Å². The number of hydrogen-bond donors (Lipinski definition) is 3. The van der Waals surface area contributed by atoms with E-state index in [0.717, 1.165) is 45.4 Å². The molecule has 0 amide bonds. The average Bonchev–Trinajstić information content (AvgIpc) is 2.58. The standard InChI is InChI=1S/C13H29N3O/c1-2-16-9-5-6-13(12-14,7-10-16)15-8-3-4-11-17/h15,17H,2-12,14H2,1H3. The molecule has 1 aliphatic heterocycles. The van der Waals surface area contributed by atoms with Crippen LogP contribution in [-0.2, 0) is 0 Å². The van der Waals surface area contributed by atoms with Gasteiger partial charge in [-0.2, -0.15) is 0 Å². The van der Waals surface area contributed by atoms with Gasteiger partial charge in [0.1, 0.15) is 0 Å². The molecule has 4 heteroatoms. The summed E-state index contributed by atoms with van der Waals surface area (Å²) in [6.45, 7) is 7.72. The maximum atomic E-state index is 8.78. The Morgan fingerprint density at radius 1 is 1.29 bits per heavy atom. The smallest absolute Gasteiger partial charge is 0.0431 e. The molecule has 1 saturated heterocycles. The molecule has 1 atom stereocenters. The van der Waals surface area contributed by atoms with Crippen molar-refractivity contribution in [3.05, 3.63) is 0 Å². The van der Waals surface area contributed by atoms with Crippen LogP contribution in [-0.4, -0.2) is 54.9 Å². The second kappa shape index (κ2) is 8.03. The summed E-state index contributed by atoms with van der Waals surface area (Å²) in [7, 11) is 0. The van der Waals surface area contributed by atoms with Crippen LogP contribution < -0.4 is 11.1 Å². The first-order valence-corrected chi connectivity index (χ1v) is 7.04. The Bertz CT molecular complexity index is 201. The Kier molecular flexibility index (Phi) is 7.04. The molecule has 1 rings (SSSR count). The molecule has 4 nitrogen and oxygen atoms in total. The minimum Gasteiger partial charge on any atom is -0.396 e. The van der Waals surface area contributed by atoms with Crippen molar-refractivity contribution in [3.63, 3.8) is 0 Å². The first-order valence-electron chi connectivity index (χ1n) is 7.04. The van der Waals surface area contributed by atoms with E-state index in [1.807, 2.05) is 0 Å². The fourth-order valence-electron chi connectivity index (χ4n) is 2.61. The van der Waals surface area contributed by atoms with Gasteiger partial charge in [-0.1, -0.05) is 6.92 Å². The van der Waals surface area contributed by atoms with Crippen molar-refractivity contribution in [1.82, 2.24) is 10.2 Å². The van der Waals surface area contributed by atoms with E-state index in [4.69, 9.17) is 10.8 Å². The topological polar surface area (TPSA) is 61.5 Å². The van der Waals surface area contributed by atoms with Crippen molar-refractivity contribution in [1.29, 1.82) is 0 Å². The molecule has 1 heterocycles. The first-order chi connectivity index (χ1) is 8.26. The number of aliphatic hydroxyl groups is 1. The number of likely N-dealkylation sites (tertiary alicyclic amines) is 1. The summed E-state index contributed by atoms with van der Waals surface area (Å²) in [4.78, 5) is 2.51. The third-order valence-electron chi connectivity index (χ3n) is 3.96. The molecule has 0 aromatic rings. The van der Waals surface area contributed by atoms with Crippen LogP contribution in [0.4, 0.5) is 0 Å². The van der Waals surface area contributed by atoms with Gasteiger partial charge in [0, 0.05) is 18.7 Å². The largest absolute Gasteiger partial charge is 0.396 e. The van der Waals surface area contributed by atoms with Crippen molar-refractivity contribution in [3.8, 4) is 0 Å². The summed E-state index contributed by atoms with van der Waals surface area (Å²) in [6.07, 6.45) is 5.48. The van der Waals surface area contributed by atoms with Gasteiger partial charge in [-0.05, 0) is 58.3 Å². The van der Waals surface area contributed by atoms with Gasteiger partial charge in [-0.3, -0.25) is 0 Å². The Morgan fingerprint density at radius 2 is 2.12 bits per heavy atom. The van der Waals surface area contributed by atoms with Gasteiger partial charge in [0.15, 0.2) is 0 Å². The fourth-order valence-corrected chi connectivity index (χ4v) is 2.61. The highest BCUT2D eigenvalue weighted by Gasteiger charge is 2.30. The third kappa shape index (κ3) is 4.92. The average molecular weight is 243 g/mol. The van der Waals surface area contributed by atoms with Crippen LogP contribution in [0.2, 0.25) is 0 Å². The first kappa shape index (κ1) is 14.9. The van der Waals surface area contributed by atoms with E-state index in [1.54, 1.807) is 0 Å². The van der Waals surface area contributed by atoms with Gasteiger partial charge in [-0.25, -0.2) is 0 Å². The van der Waals surface area contributed by atoms with Crippen LogP contribution >= 0.6 is 0 Å². The van der Waals surface area contributed by atoms with Crippen LogP contribution in [0.15, 0.2) is 0 Å². The molecule has 0 saturated carbocycles. The molecule has 0 bridgehead atoms. The zero-order chi connectivity index (χ0) is 12.6. The second-order valence-electron chi connectivity index (χ2n) is 5.13. The summed E-state index contributed by atoms with van der Waals surface area (Å²) in [5.74, 6) is 0. The van der Waals surface area contributed by atoms with Crippen LogP contribution in [0.5, 0.6) is 0 Å². The van der Waals surface area contributed by atoms with E-state index in [-0.39, 0.29) is 5.54 Å². The lowest BCUT2D eigenvalue weighted by molar-refractivity contribution is 0.255. The summed E-state index contributed by atoms with van der Waals surface area (Å²) >= 11 is 0. The van der Waals surface area contributed by atoms with Gasteiger partial charge in [0.2, 0.25) is 0 Å².